The van der Waals surface area contributed by atoms with Crippen LogP contribution in [0.2, 0.25) is 0 Å². The number of Topliss-reactive ketones (excluding diaryl/α,β-unsaturated/α-hetero) is 1. The molecule has 2 heteroatoms. The summed E-state index contributed by atoms with van der Waals surface area (Å²) in [7, 11) is 0. The van der Waals surface area contributed by atoms with Crippen LogP contribution in [0.3, 0.4) is 0 Å². The molecule has 21 heavy (non-hydrogen) atoms. The first-order chi connectivity index (χ1) is 10.2. The van der Waals surface area contributed by atoms with E-state index in [-0.39, 0.29) is 5.78 Å². The zero-order valence-electron chi connectivity index (χ0n) is 12.3. The Morgan fingerprint density at radius 3 is 2.90 bits per heavy atom. The molecule has 1 aliphatic rings. The van der Waals surface area contributed by atoms with Crippen molar-refractivity contribution in [1.29, 1.82) is 0 Å². The Labute approximate surface area is 125 Å². The van der Waals surface area contributed by atoms with E-state index in [0.717, 1.165) is 5.75 Å². The average molecular weight is 280 g/mol. The molecule has 0 amide bonds. The summed E-state index contributed by atoms with van der Waals surface area (Å²) < 4.78 is 5.94. The first-order valence-electron chi connectivity index (χ1n) is 7.55. The molecule has 0 bridgehead atoms. The second-order valence-corrected chi connectivity index (χ2v) is 5.68. The molecule has 0 aliphatic heterocycles. The highest BCUT2D eigenvalue weighted by Crippen LogP contribution is 2.32. The van der Waals surface area contributed by atoms with Crippen LogP contribution in [0.25, 0.3) is 0 Å². The summed E-state index contributed by atoms with van der Waals surface area (Å²) >= 11 is 0. The summed E-state index contributed by atoms with van der Waals surface area (Å²) in [6, 6.07) is 16.1. The Kier molecular flexibility index (Phi) is 4.05. The maximum Gasteiger partial charge on any atom is 0.159 e. The number of aryl methyl sites for hydroxylation is 1. The molecule has 0 N–H and O–H groups in total. The molecule has 108 valence electrons. The maximum atomic E-state index is 11.4. The number of hydrogen-bond donors (Lipinski definition) is 0. The summed E-state index contributed by atoms with van der Waals surface area (Å²) in [6.07, 6.45) is 3.56. The van der Waals surface area contributed by atoms with Gasteiger partial charge >= 0.3 is 0 Å². The van der Waals surface area contributed by atoms with Gasteiger partial charge in [-0.2, -0.15) is 0 Å². The Bertz CT molecular complexity index is 646. The molecule has 0 aromatic heterocycles. The second kappa shape index (κ2) is 6.13. The Balaban J connectivity index is 1.71. The van der Waals surface area contributed by atoms with Crippen molar-refractivity contribution in [2.45, 2.75) is 32.1 Å². The molecule has 2 aromatic rings. The third-order valence-corrected chi connectivity index (χ3v) is 4.19. The highest BCUT2D eigenvalue weighted by atomic mass is 16.5. The smallest absolute Gasteiger partial charge is 0.159 e. The average Bonchev–Trinajstić information content (AvgIpc) is 2.53. The van der Waals surface area contributed by atoms with Gasteiger partial charge in [-0.05, 0) is 49.4 Å². The van der Waals surface area contributed by atoms with Gasteiger partial charge in [0.15, 0.2) is 5.78 Å². The van der Waals surface area contributed by atoms with Gasteiger partial charge in [-0.1, -0.05) is 36.4 Å². The molecule has 0 fully saturated rings. The van der Waals surface area contributed by atoms with E-state index >= 15 is 0 Å². The maximum absolute atomic E-state index is 11.4. The third kappa shape index (κ3) is 3.15. The van der Waals surface area contributed by atoms with Crippen molar-refractivity contribution in [3.63, 3.8) is 0 Å². The number of rotatable bonds is 4. The van der Waals surface area contributed by atoms with Gasteiger partial charge in [-0.3, -0.25) is 4.79 Å². The van der Waals surface area contributed by atoms with Gasteiger partial charge in [0, 0.05) is 11.5 Å². The number of benzene rings is 2. The normalized spacial score (nSPS) is 17.1. The van der Waals surface area contributed by atoms with Crippen molar-refractivity contribution in [2.24, 2.45) is 0 Å². The van der Waals surface area contributed by atoms with Crippen LogP contribution in [0.5, 0.6) is 5.75 Å². The zero-order chi connectivity index (χ0) is 14.7. The molecule has 0 saturated carbocycles. The first-order valence-corrected chi connectivity index (χ1v) is 7.55. The van der Waals surface area contributed by atoms with Gasteiger partial charge < -0.3 is 4.74 Å². The summed E-state index contributed by atoms with van der Waals surface area (Å²) in [5.41, 5.74) is 3.58. The number of ketones is 1. The van der Waals surface area contributed by atoms with Crippen molar-refractivity contribution < 1.29 is 9.53 Å². The van der Waals surface area contributed by atoms with Gasteiger partial charge in [0.05, 0.1) is 6.61 Å². The monoisotopic (exact) mass is 280 g/mol. The fourth-order valence-corrected chi connectivity index (χ4v) is 3.03. The minimum atomic E-state index is 0.0727. The van der Waals surface area contributed by atoms with Crippen molar-refractivity contribution >= 4 is 5.78 Å². The molecule has 2 aromatic carbocycles. The summed E-state index contributed by atoms with van der Waals surface area (Å²) in [4.78, 5) is 11.4. The van der Waals surface area contributed by atoms with Crippen LogP contribution < -0.4 is 4.74 Å². The lowest BCUT2D eigenvalue weighted by atomic mass is 9.83. The van der Waals surface area contributed by atoms with Crippen LogP contribution >= 0.6 is 0 Å². The first kappa shape index (κ1) is 13.9. The molecular formula is C19H20O2. The third-order valence-electron chi connectivity index (χ3n) is 4.19. The fourth-order valence-electron chi connectivity index (χ4n) is 3.03. The van der Waals surface area contributed by atoms with Gasteiger partial charge in [0.1, 0.15) is 5.75 Å². The van der Waals surface area contributed by atoms with E-state index in [2.05, 4.69) is 24.3 Å². The Hall–Kier alpha value is -2.09. The largest absolute Gasteiger partial charge is 0.493 e. The summed E-state index contributed by atoms with van der Waals surface area (Å²) in [5, 5.41) is 0. The van der Waals surface area contributed by atoms with Gasteiger partial charge in [0.2, 0.25) is 0 Å². The molecule has 1 atom stereocenters. The van der Waals surface area contributed by atoms with Gasteiger partial charge in [0.25, 0.3) is 0 Å². The summed E-state index contributed by atoms with van der Waals surface area (Å²) in [6.45, 7) is 2.26. The van der Waals surface area contributed by atoms with Crippen molar-refractivity contribution in [2.75, 3.05) is 6.61 Å². The molecule has 3 rings (SSSR count). The standard InChI is InChI=1S/C19H20O2/c1-14(20)16-8-5-10-18(12-16)21-13-17-9-4-7-15-6-2-3-11-19(15)17/h2-3,5-6,8,10-12,17H,4,7,9,13H2,1H3. The fraction of sp³-hybridized carbons (Fsp3) is 0.316. The van der Waals surface area contributed by atoms with Gasteiger partial charge in [-0.25, -0.2) is 0 Å². The van der Waals surface area contributed by atoms with Crippen LogP contribution in [0.1, 0.15) is 47.2 Å². The Morgan fingerprint density at radius 1 is 1.19 bits per heavy atom. The van der Waals surface area contributed by atoms with E-state index in [1.165, 1.54) is 30.4 Å². The number of hydrogen-bond acceptors (Lipinski definition) is 2. The molecule has 0 spiro atoms. The summed E-state index contributed by atoms with van der Waals surface area (Å²) in [5.74, 6) is 1.31. The quantitative estimate of drug-likeness (QED) is 0.776. The lowest BCUT2D eigenvalue weighted by Crippen LogP contribution is -2.16. The lowest BCUT2D eigenvalue weighted by molar-refractivity contribution is 0.101. The minimum Gasteiger partial charge on any atom is -0.493 e. The van der Waals surface area contributed by atoms with Crippen molar-refractivity contribution in [3.05, 3.63) is 65.2 Å². The van der Waals surface area contributed by atoms with E-state index in [0.29, 0.717) is 18.1 Å². The van der Waals surface area contributed by atoms with Gasteiger partial charge in [-0.15, -0.1) is 0 Å². The molecule has 0 saturated heterocycles. The number of fused-ring (bicyclic) bond motifs is 1. The van der Waals surface area contributed by atoms with E-state index < -0.39 is 0 Å². The van der Waals surface area contributed by atoms with Crippen LogP contribution in [0, 0.1) is 0 Å². The predicted octanol–water partition coefficient (Wildman–Crippen LogP) is 4.39. The molecule has 1 unspecified atom stereocenters. The number of carbonyl (C=O) groups excluding carboxylic acids is 1. The van der Waals surface area contributed by atoms with Crippen LogP contribution in [-0.2, 0) is 6.42 Å². The van der Waals surface area contributed by atoms with E-state index in [1.807, 2.05) is 24.3 Å². The van der Waals surface area contributed by atoms with Crippen molar-refractivity contribution in [1.82, 2.24) is 0 Å². The molecule has 0 heterocycles. The predicted molar refractivity (Wildman–Crippen MR) is 84.1 cm³/mol. The lowest BCUT2D eigenvalue weighted by Gasteiger charge is -2.25. The van der Waals surface area contributed by atoms with Crippen LogP contribution in [0.15, 0.2) is 48.5 Å². The SMILES string of the molecule is CC(=O)c1cccc(OCC2CCCc3ccccc32)c1. The van der Waals surface area contributed by atoms with Crippen LogP contribution in [0.4, 0.5) is 0 Å². The molecule has 0 radical (unpaired) electrons. The molecule has 2 nitrogen and oxygen atoms in total. The Morgan fingerprint density at radius 2 is 2.05 bits per heavy atom. The molecule has 1 aliphatic carbocycles. The second-order valence-electron chi connectivity index (χ2n) is 5.68. The zero-order valence-corrected chi connectivity index (χ0v) is 12.3. The topological polar surface area (TPSA) is 26.3 Å². The van der Waals surface area contributed by atoms with E-state index in [4.69, 9.17) is 4.74 Å². The molecular weight excluding hydrogens is 260 g/mol. The van der Waals surface area contributed by atoms with Crippen LogP contribution in [-0.4, -0.2) is 12.4 Å². The highest BCUT2D eigenvalue weighted by molar-refractivity contribution is 5.94. The van der Waals surface area contributed by atoms with Crippen molar-refractivity contribution in [3.8, 4) is 5.75 Å². The minimum absolute atomic E-state index is 0.0727. The van der Waals surface area contributed by atoms with E-state index in [9.17, 15) is 4.79 Å². The van der Waals surface area contributed by atoms with E-state index in [1.54, 1.807) is 6.92 Å². The number of carbonyl (C=O) groups is 1. The highest BCUT2D eigenvalue weighted by Gasteiger charge is 2.20. The number of ether oxygens (including phenoxy) is 1.